The number of hydrogen-bond donors (Lipinski definition) is 0. The van der Waals surface area contributed by atoms with E-state index in [-0.39, 0.29) is 50.5 Å². The number of halogens is 2. The maximum absolute atomic E-state index is 4.73. The molecule has 128 valence electrons. The molecule has 0 radical (unpaired) electrons. The Morgan fingerprint density at radius 2 is 1.43 bits per heavy atom. The Balaban J connectivity index is 0. The Hall–Kier alpha value is -0.506. The van der Waals surface area contributed by atoms with Crippen LogP contribution in [0.25, 0.3) is 0 Å². The number of rotatable bonds is 4. The Morgan fingerprint density at radius 3 is 1.87 bits per heavy atom. The molecule has 2 aromatic rings. The van der Waals surface area contributed by atoms with Crippen LogP contribution in [0.4, 0.5) is 5.69 Å². The average Bonchev–Trinajstić information content (AvgIpc) is 2.45. The third-order valence-electron chi connectivity index (χ3n) is 3.36. The largest absolute Gasteiger partial charge is 2.00 e. The molecular weight excluding hydrogens is 463 g/mol. The van der Waals surface area contributed by atoms with Gasteiger partial charge in [-0.1, -0.05) is 52.0 Å². The van der Waals surface area contributed by atoms with Crippen LogP contribution in [0, 0.1) is 0 Å². The summed E-state index contributed by atoms with van der Waals surface area (Å²) < 4.78 is 0. The molecule has 0 bridgehead atoms. The van der Waals surface area contributed by atoms with Crippen LogP contribution >= 0.6 is 0 Å². The first-order valence-corrected chi connectivity index (χ1v) is 7.17. The first-order chi connectivity index (χ1) is 9.59. The summed E-state index contributed by atoms with van der Waals surface area (Å²) in [5.41, 5.74) is 4.58. The molecule has 0 N–H and O–H groups in total. The first-order valence-electron chi connectivity index (χ1n) is 7.17. The van der Waals surface area contributed by atoms with E-state index in [2.05, 4.69) is 50.9 Å². The van der Waals surface area contributed by atoms with Crippen molar-refractivity contribution in [2.24, 2.45) is 4.99 Å². The number of nitrogens with zero attached hydrogens (tertiary/aromatic N) is 2. The zero-order chi connectivity index (χ0) is 14.5. The van der Waals surface area contributed by atoms with Crippen LogP contribution in [-0.2, 0) is 16.5 Å². The van der Waals surface area contributed by atoms with E-state index in [1.807, 2.05) is 24.4 Å². The van der Waals surface area contributed by atoms with Crippen molar-refractivity contribution < 1.29 is 50.5 Å². The van der Waals surface area contributed by atoms with Crippen LogP contribution in [0.2, 0.25) is 0 Å². The molecule has 1 heterocycles. The summed E-state index contributed by atoms with van der Waals surface area (Å²) in [6.45, 7) is 8.83. The maximum Gasteiger partial charge on any atom is 2.00 e. The second-order valence-electron chi connectivity index (χ2n) is 5.61. The van der Waals surface area contributed by atoms with E-state index in [4.69, 9.17) is 4.99 Å². The van der Waals surface area contributed by atoms with Gasteiger partial charge < -0.3 is 34.0 Å². The van der Waals surface area contributed by atoms with Crippen molar-refractivity contribution in [1.29, 1.82) is 0 Å². The number of benzene rings is 1. The fraction of sp³-hybridized carbons (Fsp3) is 0.333. The molecule has 1 aromatic heterocycles. The molecule has 1 aromatic carbocycles. The standard InChI is InChI=1S/C18H22N2.2BrH.Ni/c1-13(2)16-9-7-10-17(14(3)4)18(16)20-12-15-8-5-6-11-19-15;;;/h5-14H,1-4H3;2*1H;/q;;;+2/p-2. The zero-order valence-corrected chi connectivity index (χ0v) is 17.9. The van der Waals surface area contributed by atoms with Gasteiger partial charge in [-0.15, -0.1) is 0 Å². The fourth-order valence-electron chi connectivity index (χ4n) is 2.24. The van der Waals surface area contributed by atoms with Crippen LogP contribution in [0.5, 0.6) is 0 Å². The average molecular weight is 485 g/mol. The van der Waals surface area contributed by atoms with Gasteiger partial charge in [-0.2, -0.15) is 0 Å². The van der Waals surface area contributed by atoms with E-state index in [1.54, 1.807) is 6.20 Å². The van der Waals surface area contributed by atoms with Crippen molar-refractivity contribution >= 4 is 11.9 Å². The quantitative estimate of drug-likeness (QED) is 0.407. The third kappa shape index (κ3) is 6.86. The summed E-state index contributed by atoms with van der Waals surface area (Å²) >= 11 is 0. The van der Waals surface area contributed by atoms with Gasteiger partial charge in [-0.25, -0.2) is 0 Å². The molecule has 5 heteroatoms. The molecule has 0 fully saturated rings. The normalized spacial score (nSPS) is 10.2. The summed E-state index contributed by atoms with van der Waals surface area (Å²) in [4.78, 5) is 9.02. The summed E-state index contributed by atoms with van der Waals surface area (Å²) in [7, 11) is 0. The SMILES string of the molecule is CC(C)c1cccc(C(C)C)c1N=Cc1ccccn1.[Br-].[Br-].[Ni+2]. The first kappa shape index (κ1) is 24.7. The number of pyridine rings is 1. The smallest absolute Gasteiger partial charge is 1.00 e. The van der Waals surface area contributed by atoms with Crippen molar-refractivity contribution in [3.63, 3.8) is 0 Å². The van der Waals surface area contributed by atoms with Gasteiger partial charge in [0.25, 0.3) is 0 Å². The molecule has 0 amide bonds. The summed E-state index contributed by atoms with van der Waals surface area (Å²) in [5, 5.41) is 0. The number of para-hydroxylation sites is 1. The summed E-state index contributed by atoms with van der Waals surface area (Å²) in [6, 6.07) is 12.3. The molecule has 0 aliphatic rings. The molecule has 0 atom stereocenters. The molecule has 23 heavy (non-hydrogen) atoms. The Labute approximate surface area is 170 Å². The van der Waals surface area contributed by atoms with Crippen LogP contribution in [-0.4, -0.2) is 11.2 Å². The topological polar surface area (TPSA) is 25.2 Å². The summed E-state index contributed by atoms with van der Waals surface area (Å²) in [6.07, 6.45) is 3.64. The minimum atomic E-state index is 0. The number of hydrogen-bond acceptors (Lipinski definition) is 2. The van der Waals surface area contributed by atoms with Crippen LogP contribution in [0.3, 0.4) is 0 Å². The third-order valence-corrected chi connectivity index (χ3v) is 3.36. The molecule has 0 aliphatic carbocycles. The van der Waals surface area contributed by atoms with Gasteiger partial charge in [0.15, 0.2) is 0 Å². The minimum Gasteiger partial charge on any atom is -1.00 e. The van der Waals surface area contributed by atoms with Gasteiger partial charge in [-0.05, 0) is 35.1 Å². The minimum absolute atomic E-state index is 0. The molecule has 0 spiro atoms. The maximum atomic E-state index is 4.73. The summed E-state index contributed by atoms with van der Waals surface area (Å²) in [5.74, 6) is 0.925. The Morgan fingerprint density at radius 1 is 0.870 bits per heavy atom. The van der Waals surface area contributed by atoms with Crippen molar-refractivity contribution in [2.75, 3.05) is 0 Å². The van der Waals surface area contributed by atoms with Crippen molar-refractivity contribution in [3.8, 4) is 0 Å². The number of aromatic nitrogens is 1. The van der Waals surface area contributed by atoms with Gasteiger partial charge >= 0.3 is 16.5 Å². The fourth-order valence-corrected chi connectivity index (χ4v) is 2.24. The van der Waals surface area contributed by atoms with Gasteiger partial charge in [0.1, 0.15) is 0 Å². The molecule has 0 saturated carbocycles. The van der Waals surface area contributed by atoms with E-state index in [0.717, 1.165) is 11.4 Å². The molecule has 0 saturated heterocycles. The van der Waals surface area contributed by atoms with E-state index in [9.17, 15) is 0 Å². The van der Waals surface area contributed by atoms with Crippen molar-refractivity contribution in [3.05, 3.63) is 59.4 Å². The van der Waals surface area contributed by atoms with E-state index in [0.29, 0.717) is 11.8 Å². The van der Waals surface area contributed by atoms with E-state index < -0.39 is 0 Å². The van der Waals surface area contributed by atoms with Crippen molar-refractivity contribution in [2.45, 2.75) is 39.5 Å². The van der Waals surface area contributed by atoms with Crippen LogP contribution < -0.4 is 34.0 Å². The zero-order valence-electron chi connectivity index (χ0n) is 13.7. The van der Waals surface area contributed by atoms with E-state index in [1.165, 1.54) is 11.1 Å². The van der Waals surface area contributed by atoms with Crippen LogP contribution in [0.1, 0.15) is 56.4 Å². The monoisotopic (exact) mass is 482 g/mol. The van der Waals surface area contributed by atoms with Crippen LogP contribution in [0.15, 0.2) is 47.6 Å². The predicted octanol–water partition coefficient (Wildman–Crippen LogP) is -0.915. The second kappa shape index (κ2) is 11.9. The van der Waals surface area contributed by atoms with Gasteiger partial charge in [0, 0.05) is 6.20 Å². The molecule has 0 aliphatic heterocycles. The van der Waals surface area contributed by atoms with E-state index >= 15 is 0 Å². The van der Waals surface area contributed by atoms with Crippen molar-refractivity contribution in [1.82, 2.24) is 4.98 Å². The molecule has 0 unspecified atom stereocenters. The van der Waals surface area contributed by atoms with Gasteiger partial charge in [0.2, 0.25) is 0 Å². The van der Waals surface area contributed by atoms with Gasteiger partial charge in [0.05, 0.1) is 17.6 Å². The molecular formula is C18H22Br2N2Ni. The predicted molar refractivity (Wildman–Crippen MR) is 86.1 cm³/mol. The molecule has 2 rings (SSSR count). The van der Waals surface area contributed by atoms with Gasteiger partial charge in [-0.3, -0.25) is 9.98 Å². The molecule has 2 nitrogen and oxygen atoms in total. The second-order valence-corrected chi connectivity index (χ2v) is 5.61. The number of aliphatic imine (C=N–C) groups is 1. The Bertz CT molecular complexity index is 573. The Kier molecular flexibility index (Phi) is 12.8.